The third kappa shape index (κ3) is 7.48. The molecule has 0 radical (unpaired) electrons. The Morgan fingerprint density at radius 1 is 1.23 bits per heavy atom. The van der Waals surface area contributed by atoms with Crippen molar-refractivity contribution in [3.8, 4) is 0 Å². The highest BCUT2D eigenvalue weighted by atomic mass is 16.6. The van der Waals surface area contributed by atoms with Gasteiger partial charge in [-0.05, 0) is 52.9 Å². The Morgan fingerprint density at radius 3 is 2.41 bits per heavy atom. The molecule has 1 saturated carbocycles. The van der Waals surface area contributed by atoms with Crippen LogP contribution in [0.1, 0.15) is 73.1 Å². The van der Waals surface area contributed by atoms with Crippen LogP contribution in [0.5, 0.6) is 0 Å². The topological polar surface area (TPSA) is 41.6 Å². The second-order valence-electron chi connectivity index (χ2n) is 7.61. The lowest BCUT2D eigenvalue weighted by Gasteiger charge is -2.30. The van der Waals surface area contributed by atoms with Gasteiger partial charge < -0.3 is 15.0 Å². The second kappa shape index (κ2) is 9.39. The molecule has 0 aliphatic heterocycles. The Bertz CT molecular complexity index is 320. The zero-order valence-electron chi connectivity index (χ0n) is 15.3. The van der Waals surface area contributed by atoms with Crippen molar-refractivity contribution in [1.82, 2.24) is 10.2 Å². The Labute approximate surface area is 137 Å². The average Bonchev–Trinajstić information content (AvgIpc) is 2.45. The average molecular weight is 312 g/mol. The van der Waals surface area contributed by atoms with Crippen LogP contribution in [-0.4, -0.2) is 42.3 Å². The fourth-order valence-electron chi connectivity index (χ4n) is 3.12. The number of nitrogens with one attached hydrogen (secondary N) is 1. The number of ether oxygens (including phenoxy) is 1. The van der Waals surface area contributed by atoms with E-state index in [9.17, 15) is 4.79 Å². The van der Waals surface area contributed by atoms with Crippen molar-refractivity contribution in [2.75, 3.05) is 19.6 Å². The van der Waals surface area contributed by atoms with Crippen molar-refractivity contribution in [2.24, 2.45) is 5.92 Å². The van der Waals surface area contributed by atoms with Crippen molar-refractivity contribution in [3.05, 3.63) is 0 Å². The quantitative estimate of drug-likeness (QED) is 0.766. The molecule has 0 heterocycles. The van der Waals surface area contributed by atoms with Gasteiger partial charge in [0.15, 0.2) is 0 Å². The predicted molar refractivity (Wildman–Crippen MR) is 92.1 cm³/mol. The molecule has 1 atom stereocenters. The maximum atomic E-state index is 12.2. The maximum Gasteiger partial charge on any atom is 0.410 e. The molecule has 1 unspecified atom stereocenters. The number of nitrogens with zero attached hydrogens (tertiary/aromatic N) is 1. The minimum atomic E-state index is -0.425. The van der Waals surface area contributed by atoms with Crippen LogP contribution in [0.25, 0.3) is 0 Å². The molecule has 0 aromatic heterocycles. The summed E-state index contributed by atoms with van der Waals surface area (Å²) in [6.07, 6.45) is 7.59. The van der Waals surface area contributed by atoms with E-state index in [1.165, 1.54) is 32.1 Å². The van der Waals surface area contributed by atoms with Crippen molar-refractivity contribution in [2.45, 2.75) is 84.8 Å². The van der Waals surface area contributed by atoms with E-state index < -0.39 is 5.60 Å². The molecule has 1 rings (SSSR count). The van der Waals surface area contributed by atoms with Crippen molar-refractivity contribution in [3.63, 3.8) is 0 Å². The predicted octanol–water partition coefficient (Wildman–Crippen LogP) is 4.19. The zero-order valence-corrected chi connectivity index (χ0v) is 15.3. The Morgan fingerprint density at radius 2 is 1.86 bits per heavy atom. The summed E-state index contributed by atoms with van der Waals surface area (Å²) >= 11 is 0. The Balaban J connectivity index is 2.35. The lowest BCUT2D eigenvalue weighted by molar-refractivity contribution is 0.0249. The summed E-state index contributed by atoms with van der Waals surface area (Å²) in [5.41, 5.74) is -0.425. The molecule has 0 spiro atoms. The van der Waals surface area contributed by atoms with Crippen LogP contribution >= 0.6 is 0 Å². The first-order valence-corrected chi connectivity index (χ1v) is 9.04. The van der Waals surface area contributed by atoms with Gasteiger partial charge in [-0.25, -0.2) is 4.79 Å². The molecule has 0 bridgehead atoms. The minimum absolute atomic E-state index is 0.193. The van der Waals surface area contributed by atoms with Gasteiger partial charge in [0.1, 0.15) is 5.60 Å². The third-order valence-corrected chi connectivity index (χ3v) is 4.35. The first kappa shape index (κ1) is 19.3. The van der Waals surface area contributed by atoms with E-state index in [4.69, 9.17) is 4.74 Å². The van der Waals surface area contributed by atoms with E-state index in [0.29, 0.717) is 6.04 Å². The largest absolute Gasteiger partial charge is 0.444 e. The molecule has 1 amide bonds. The summed E-state index contributed by atoms with van der Waals surface area (Å²) in [5.74, 6) is 0.801. The number of carbonyl (C=O) groups excluding carboxylic acids is 1. The Hall–Kier alpha value is -0.770. The van der Waals surface area contributed by atoms with Crippen molar-refractivity contribution >= 4 is 6.09 Å². The third-order valence-electron chi connectivity index (χ3n) is 4.35. The molecule has 1 N–H and O–H groups in total. The fraction of sp³-hybridized carbons (Fsp3) is 0.944. The smallest absolute Gasteiger partial charge is 0.410 e. The number of carbonyl (C=O) groups is 1. The standard InChI is InChI=1S/C18H36N2O2/c1-6-13-20(17(21)22-18(3,4)5)14-12-19-15(2)16-10-8-7-9-11-16/h15-16,19H,6-14H2,1-5H3. The molecule has 1 aliphatic carbocycles. The van der Waals surface area contributed by atoms with Crippen LogP contribution in [0.15, 0.2) is 0 Å². The molecule has 0 aromatic rings. The lowest BCUT2D eigenvalue weighted by Crippen LogP contribution is -2.43. The molecular formula is C18H36N2O2. The second-order valence-corrected chi connectivity index (χ2v) is 7.61. The Kier molecular flexibility index (Phi) is 8.23. The molecule has 0 aromatic carbocycles. The number of hydrogen-bond donors (Lipinski definition) is 1. The minimum Gasteiger partial charge on any atom is -0.444 e. The van der Waals surface area contributed by atoms with E-state index in [2.05, 4.69) is 19.2 Å². The van der Waals surface area contributed by atoms with Gasteiger partial charge in [-0.15, -0.1) is 0 Å². The van der Waals surface area contributed by atoms with Crippen LogP contribution in [0, 0.1) is 5.92 Å². The van der Waals surface area contributed by atoms with Crippen molar-refractivity contribution < 1.29 is 9.53 Å². The highest BCUT2D eigenvalue weighted by Gasteiger charge is 2.22. The van der Waals surface area contributed by atoms with E-state index >= 15 is 0 Å². The number of hydrogen-bond acceptors (Lipinski definition) is 3. The van der Waals surface area contributed by atoms with E-state index in [1.807, 2.05) is 25.7 Å². The summed E-state index contributed by atoms with van der Waals surface area (Å²) in [6.45, 7) is 12.4. The summed E-state index contributed by atoms with van der Waals surface area (Å²) in [5, 5.41) is 3.61. The molecule has 130 valence electrons. The summed E-state index contributed by atoms with van der Waals surface area (Å²) in [7, 11) is 0. The molecule has 22 heavy (non-hydrogen) atoms. The maximum absolute atomic E-state index is 12.2. The highest BCUT2D eigenvalue weighted by Crippen LogP contribution is 2.26. The van der Waals surface area contributed by atoms with E-state index in [1.54, 1.807) is 0 Å². The van der Waals surface area contributed by atoms with Gasteiger partial charge in [0, 0.05) is 25.7 Å². The fourth-order valence-corrected chi connectivity index (χ4v) is 3.12. The molecule has 4 heteroatoms. The summed E-state index contributed by atoms with van der Waals surface area (Å²) in [6, 6.07) is 0.544. The van der Waals surface area contributed by atoms with Gasteiger partial charge in [0.25, 0.3) is 0 Å². The first-order valence-electron chi connectivity index (χ1n) is 9.04. The molecular weight excluding hydrogens is 276 g/mol. The monoisotopic (exact) mass is 312 g/mol. The zero-order chi connectivity index (χ0) is 16.6. The molecule has 1 fully saturated rings. The molecule has 4 nitrogen and oxygen atoms in total. The number of rotatable bonds is 7. The van der Waals surface area contributed by atoms with Crippen LogP contribution in [0.3, 0.4) is 0 Å². The molecule has 1 aliphatic rings. The van der Waals surface area contributed by atoms with Gasteiger partial charge in [-0.2, -0.15) is 0 Å². The molecule has 0 saturated heterocycles. The summed E-state index contributed by atoms with van der Waals surface area (Å²) < 4.78 is 5.49. The van der Waals surface area contributed by atoms with Crippen LogP contribution in [0.4, 0.5) is 4.79 Å². The van der Waals surface area contributed by atoms with Gasteiger partial charge >= 0.3 is 6.09 Å². The van der Waals surface area contributed by atoms with Gasteiger partial charge in [0.05, 0.1) is 0 Å². The van der Waals surface area contributed by atoms with Gasteiger partial charge in [0.2, 0.25) is 0 Å². The highest BCUT2D eigenvalue weighted by molar-refractivity contribution is 5.68. The van der Waals surface area contributed by atoms with Crippen LogP contribution in [0.2, 0.25) is 0 Å². The van der Waals surface area contributed by atoms with Crippen molar-refractivity contribution in [1.29, 1.82) is 0 Å². The van der Waals surface area contributed by atoms with E-state index in [-0.39, 0.29) is 6.09 Å². The number of amides is 1. The first-order chi connectivity index (χ1) is 10.3. The van der Waals surface area contributed by atoms with Gasteiger partial charge in [-0.3, -0.25) is 0 Å². The normalized spacial score (nSPS) is 18.0. The van der Waals surface area contributed by atoms with E-state index in [0.717, 1.165) is 32.0 Å². The van der Waals surface area contributed by atoms with Crippen LogP contribution in [-0.2, 0) is 4.74 Å². The summed E-state index contributed by atoms with van der Waals surface area (Å²) in [4.78, 5) is 14.0. The lowest BCUT2D eigenvalue weighted by atomic mass is 9.84. The SMILES string of the molecule is CCCN(CCNC(C)C1CCCCC1)C(=O)OC(C)(C)C. The van der Waals surface area contributed by atoms with Crippen LogP contribution < -0.4 is 5.32 Å². The van der Waals surface area contributed by atoms with Gasteiger partial charge in [-0.1, -0.05) is 26.2 Å².